The molecule has 1 amide bonds. The van der Waals surface area contributed by atoms with Crippen molar-refractivity contribution in [3.8, 4) is 0 Å². The Labute approximate surface area is 132 Å². The van der Waals surface area contributed by atoms with Crippen molar-refractivity contribution in [2.45, 2.75) is 6.92 Å². The predicted octanol–water partition coefficient (Wildman–Crippen LogP) is 3.78. The third-order valence-corrected chi connectivity index (χ3v) is 3.59. The van der Waals surface area contributed by atoms with E-state index in [9.17, 15) is 9.59 Å². The lowest BCUT2D eigenvalue weighted by atomic mass is 10.1. The molecule has 0 aliphatic heterocycles. The maximum atomic E-state index is 12.4. The molecule has 0 atom stereocenters. The normalized spacial score (nSPS) is 10.5. The molecule has 0 fully saturated rings. The number of para-hydroxylation sites is 1. The second-order valence-electron chi connectivity index (χ2n) is 5.08. The lowest BCUT2D eigenvalue weighted by Crippen LogP contribution is -2.12. The maximum absolute atomic E-state index is 12.4. The van der Waals surface area contributed by atoms with Crippen molar-refractivity contribution in [1.82, 2.24) is 0 Å². The molecule has 0 saturated carbocycles. The van der Waals surface area contributed by atoms with Gasteiger partial charge >= 0.3 is 5.97 Å². The Hall–Kier alpha value is -3.08. The monoisotopic (exact) mass is 309 g/mol. The molecule has 0 aliphatic carbocycles. The molecule has 5 nitrogen and oxygen atoms in total. The minimum Gasteiger partial charge on any atom is -0.465 e. The Bertz CT molecular complexity index is 895. The van der Waals surface area contributed by atoms with E-state index >= 15 is 0 Å². The number of nitrogens with one attached hydrogen (secondary N) is 1. The van der Waals surface area contributed by atoms with Gasteiger partial charge in [-0.05, 0) is 31.2 Å². The average molecular weight is 309 g/mol. The number of benzene rings is 2. The van der Waals surface area contributed by atoms with Crippen LogP contribution in [-0.4, -0.2) is 19.0 Å². The summed E-state index contributed by atoms with van der Waals surface area (Å²) in [5.41, 5.74) is 2.31. The minimum absolute atomic E-state index is 0.259. The van der Waals surface area contributed by atoms with Crippen molar-refractivity contribution in [3.05, 3.63) is 65.4 Å². The van der Waals surface area contributed by atoms with Crippen molar-refractivity contribution < 1.29 is 18.7 Å². The Kier molecular flexibility index (Phi) is 3.85. The van der Waals surface area contributed by atoms with E-state index in [1.54, 1.807) is 24.3 Å². The third-order valence-electron chi connectivity index (χ3n) is 3.59. The molecule has 1 aromatic heterocycles. The quantitative estimate of drug-likeness (QED) is 0.748. The summed E-state index contributed by atoms with van der Waals surface area (Å²) < 4.78 is 10.3. The highest BCUT2D eigenvalue weighted by Gasteiger charge is 2.18. The highest BCUT2D eigenvalue weighted by atomic mass is 16.5. The smallest absolute Gasteiger partial charge is 0.337 e. The molecule has 1 heterocycles. The number of furan rings is 1. The van der Waals surface area contributed by atoms with Crippen LogP contribution in [0, 0.1) is 6.92 Å². The number of anilines is 1. The van der Waals surface area contributed by atoms with Crippen molar-refractivity contribution in [3.63, 3.8) is 0 Å². The average Bonchev–Trinajstić information content (AvgIpc) is 2.92. The van der Waals surface area contributed by atoms with Crippen molar-refractivity contribution in [2.24, 2.45) is 0 Å². The van der Waals surface area contributed by atoms with Gasteiger partial charge in [0.15, 0.2) is 5.76 Å². The summed E-state index contributed by atoms with van der Waals surface area (Å²) in [4.78, 5) is 24.0. The zero-order valence-corrected chi connectivity index (χ0v) is 12.8. The molecule has 1 N–H and O–H groups in total. The van der Waals surface area contributed by atoms with Crippen LogP contribution in [-0.2, 0) is 4.74 Å². The van der Waals surface area contributed by atoms with E-state index in [0.717, 1.165) is 10.9 Å². The Morgan fingerprint density at radius 3 is 2.61 bits per heavy atom. The summed E-state index contributed by atoms with van der Waals surface area (Å²) in [6, 6.07) is 14.0. The largest absolute Gasteiger partial charge is 0.465 e. The van der Waals surface area contributed by atoms with Gasteiger partial charge in [-0.15, -0.1) is 0 Å². The van der Waals surface area contributed by atoms with Gasteiger partial charge in [0.25, 0.3) is 5.91 Å². The first-order chi connectivity index (χ1) is 11.1. The molecule has 0 aliphatic rings. The topological polar surface area (TPSA) is 68.5 Å². The zero-order chi connectivity index (χ0) is 16.4. The number of fused-ring (bicyclic) bond motifs is 1. The second-order valence-corrected chi connectivity index (χ2v) is 5.08. The number of carbonyl (C=O) groups excluding carboxylic acids is 2. The van der Waals surface area contributed by atoms with E-state index < -0.39 is 5.97 Å². The first-order valence-electron chi connectivity index (χ1n) is 7.08. The number of hydrogen-bond acceptors (Lipinski definition) is 4. The summed E-state index contributed by atoms with van der Waals surface area (Å²) in [6.07, 6.45) is 0. The molecule has 5 heteroatoms. The fourth-order valence-electron chi connectivity index (χ4n) is 2.42. The highest BCUT2D eigenvalue weighted by molar-refractivity contribution is 6.06. The molecular formula is C18H15NO4. The number of carbonyl (C=O) groups is 2. The Morgan fingerprint density at radius 2 is 1.87 bits per heavy atom. The number of esters is 1. The molecule has 0 bridgehead atoms. The van der Waals surface area contributed by atoms with Crippen LogP contribution < -0.4 is 5.32 Å². The van der Waals surface area contributed by atoms with Crippen LogP contribution in [0.3, 0.4) is 0 Å². The molecule has 0 unspecified atom stereocenters. The predicted molar refractivity (Wildman–Crippen MR) is 86.7 cm³/mol. The molecule has 23 heavy (non-hydrogen) atoms. The summed E-state index contributed by atoms with van der Waals surface area (Å²) in [6.45, 7) is 1.84. The zero-order valence-electron chi connectivity index (χ0n) is 12.8. The van der Waals surface area contributed by atoms with E-state index in [1.165, 1.54) is 7.11 Å². The fraction of sp³-hybridized carbons (Fsp3) is 0.111. The van der Waals surface area contributed by atoms with Gasteiger partial charge in [-0.1, -0.05) is 24.3 Å². The molecular weight excluding hydrogens is 294 g/mol. The number of rotatable bonds is 3. The van der Waals surface area contributed by atoms with Gasteiger partial charge in [0.1, 0.15) is 5.58 Å². The maximum Gasteiger partial charge on any atom is 0.337 e. The van der Waals surface area contributed by atoms with Gasteiger partial charge in [-0.25, -0.2) is 4.79 Å². The third kappa shape index (κ3) is 2.81. The Morgan fingerprint density at radius 1 is 1.09 bits per heavy atom. The van der Waals surface area contributed by atoms with Crippen LogP contribution in [0.4, 0.5) is 5.69 Å². The van der Waals surface area contributed by atoms with Gasteiger partial charge in [0, 0.05) is 16.6 Å². The number of ether oxygens (including phenoxy) is 1. The second kappa shape index (κ2) is 5.96. The van der Waals surface area contributed by atoms with Crippen LogP contribution in [0.5, 0.6) is 0 Å². The van der Waals surface area contributed by atoms with E-state index in [-0.39, 0.29) is 11.7 Å². The van der Waals surface area contributed by atoms with Gasteiger partial charge in [-0.2, -0.15) is 0 Å². The number of aryl methyl sites for hydroxylation is 1. The highest BCUT2D eigenvalue weighted by Crippen LogP contribution is 2.25. The van der Waals surface area contributed by atoms with E-state index in [2.05, 4.69) is 10.1 Å². The lowest BCUT2D eigenvalue weighted by Gasteiger charge is -2.05. The van der Waals surface area contributed by atoms with Crippen molar-refractivity contribution in [1.29, 1.82) is 0 Å². The molecule has 0 radical (unpaired) electrons. The van der Waals surface area contributed by atoms with Crippen molar-refractivity contribution in [2.75, 3.05) is 12.4 Å². The van der Waals surface area contributed by atoms with Crippen LogP contribution in [0.25, 0.3) is 11.0 Å². The standard InChI is InChI=1S/C18H15NO4/c1-11-14-8-3-4-9-15(14)23-16(11)17(20)19-13-7-5-6-12(10-13)18(21)22-2/h3-10H,1-2H3,(H,19,20). The van der Waals surface area contributed by atoms with Gasteiger partial charge in [-0.3, -0.25) is 4.79 Å². The Balaban J connectivity index is 1.89. The van der Waals surface area contributed by atoms with Crippen LogP contribution >= 0.6 is 0 Å². The number of amides is 1. The summed E-state index contributed by atoms with van der Waals surface area (Å²) >= 11 is 0. The molecule has 3 rings (SSSR count). The first-order valence-corrected chi connectivity index (χ1v) is 7.08. The van der Waals surface area contributed by atoms with Crippen LogP contribution in [0.15, 0.2) is 52.9 Å². The summed E-state index contributed by atoms with van der Waals surface area (Å²) in [5, 5.41) is 3.64. The van der Waals surface area contributed by atoms with E-state index in [0.29, 0.717) is 16.8 Å². The SMILES string of the molecule is COC(=O)c1cccc(NC(=O)c2oc3ccccc3c2C)c1. The van der Waals surface area contributed by atoms with Crippen LogP contribution in [0.1, 0.15) is 26.5 Å². The molecule has 0 saturated heterocycles. The number of methoxy groups -OCH3 is 1. The van der Waals surface area contributed by atoms with E-state index in [4.69, 9.17) is 4.42 Å². The lowest BCUT2D eigenvalue weighted by molar-refractivity contribution is 0.0600. The van der Waals surface area contributed by atoms with Crippen molar-refractivity contribution >= 4 is 28.5 Å². The molecule has 3 aromatic rings. The molecule has 0 spiro atoms. The minimum atomic E-state index is -0.457. The summed E-state index contributed by atoms with van der Waals surface area (Å²) in [5.74, 6) is -0.559. The van der Waals surface area contributed by atoms with Crippen LogP contribution in [0.2, 0.25) is 0 Å². The fourth-order valence-corrected chi connectivity index (χ4v) is 2.42. The first kappa shape index (κ1) is 14.8. The summed E-state index contributed by atoms with van der Waals surface area (Å²) in [7, 11) is 1.31. The van der Waals surface area contributed by atoms with Gasteiger partial charge < -0.3 is 14.5 Å². The molecule has 116 valence electrons. The van der Waals surface area contributed by atoms with E-state index in [1.807, 2.05) is 31.2 Å². The van der Waals surface area contributed by atoms with Gasteiger partial charge in [0.05, 0.1) is 12.7 Å². The molecule has 2 aromatic carbocycles. The number of hydrogen-bond donors (Lipinski definition) is 1. The van der Waals surface area contributed by atoms with Gasteiger partial charge in [0.2, 0.25) is 0 Å².